The molecule has 1 unspecified atom stereocenters. The number of halogens is 1. The normalized spacial score (nSPS) is 12.2. The molecule has 0 aromatic heterocycles. The third-order valence-corrected chi connectivity index (χ3v) is 2.14. The number of amides is 1. The SMILES string of the molecule is COC(CN)CC(=O)Nc1ccc(F)cc1. The van der Waals surface area contributed by atoms with Crippen LogP contribution < -0.4 is 11.1 Å². The summed E-state index contributed by atoms with van der Waals surface area (Å²) in [6.45, 7) is 0.285. The maximum absolute atomic E-state index is 12.6. The maximum atomic E-state index is 12.6. The van der Waals surface area contributed by atoms with E-state index in [-0.39, 0.29) is 30.8 Å². The summed E-state index contributed by atoms with van der Waals surface area (Å²) in [5.41, 5.74) is 5.94. The molecule has 0 aliphatic heterocycles. The van der Waals surface area contributed by atoms with Crippen LogP contribution in [0.2, 0.25) is 0 Å². The van der Waals surface area contributed by atoms with Gasteiger partial charge in [-0.15, -0.1) is 0 Å². The van der Waals surface area contributed by atoms with Crippen molar-refractivity contribution >= 4 is 11.6 Å². The van der Waals surface area contributed by atoms with E-state index in [1.165, 1.54) is 31.4 Å². The Morgan fingerprint density at radius 3 is 2.62 bits per heavy atom. The molecule has 16 heavy (non-hydrogen) atoms. The highest BCUT2D eigenvalue weighted by molar-refractivity contribution is 5.90. The fourth-order valence-corrected chi connectivity index (χ4v) is 1.21. The number of ether oxygens (including phenoxy) is 1. The Kier molecular flexibility index (Phi) is 4.88. The minimum absolute atomic E-state index is 0.185. The van der Waals surface area contributed by atoms with Gasteiger partial charge in [0.2, 0.25) is 5.91 Å². The Morgan fingerprint density at radius 2 is 2.12 bits per heavy atom. The van der Waals surface area contributed by atoms with Gasteiger partial charge in [-0.05, 0) is 24.3 Å². The van der Waals surface area contributed by atoms with E-state index in [9.17, 15) is 9.18 Å². The van der Waals surface area contributed by atoms with E-state index in [0.29, 0.717) is 5.69 Å². The third kappa shape index (κ3) is 3.96. The Labute approximate surface area is 93.6 Å². The number of benzene rings is 1. The van der Waals surface area contributed by atoms with Gasteiger partial charge in [0, 0.05) is 19.3 Å². The molecule has 0 radical (unpaired) electrons. The Bertz CT molecular complexity index is 336. The van der Waals surface area contributed by atoms with Gasteiger partial charge >= 0.3 is 0 Å². The summed E-state index contributed by atoms with van der Waals surface area (Å²) >= 11 is 0. The molecule has 88 valence electrons. The highest BCUT2D eigenvalue weighted by Gasteiger charge is 2.11. The van der Waals surface area contributed by atoms with Crippen LogP contribution in [0.25, 0.3) is 0 Å². The molecular weight excluding hydrogens is 211 g/mol. The average molecular weight is 226 g/mol. The molecule has 1 amide bonds. The monoisotopic (exact) mass is 226 g/mol. The van der Waals surface area contributed by atoms with E-state index in [1.807, 2.05) is 0 Å². The highest BCUT2D eigenvalue weighted by atomic mass is 19.1. The molecule has 1 aromatic rings. The molecular formula is C11H15FN2O2. The number of rotatable bonds is 5. The number of carbonyl (C=O) groups is 1. The summed E-state index contributed by atoms with van der Waals surface area (Å²) in [4.78, 5) is 11.5. The van der Waals surface area contributed by atoms with Crippen LogP contribution in [0.4, 0.5) is 10.1 Å². The Balaban J connectivity index is 2.48. The van der Waals surface area contributed by atoms with Crippen molar-refractivity contribution in [3.8, 4) is 0 Å². The molecule has 0 aliphatic rings. The van der Waals surface area contributed by atoms with E-state index >= 15 is 0 Å². The molecule has 1 rings (SSSR count). The molecule has 0 heterocycles. The number of hydrogen-bond acceptors (Lipinski definition) is 3. The number of nitrogens with two attached hydrogens (primary N) is 1. The Morgan fingerprint density at radius 1 is 1.50 bits per heavy atom. The lowest BCUT2D eigenvalue weighted by Gasteiger charge is -2.12. The van der Waals surface area contributed by atoms with E-state index < -0.39 is 0 Å². The molecule has 5 heteroatoms. The third-order valence-electron chi connectivity index (χ3n) is 2.14. The zero-order valence-corrected chi connectivity index (χ0v) is 9.07. The van der Waals surface area contributed by atoms with Gasteiger partial charge in [-0.25, -0.2) is 4.39 Å². The molecule has 3 N–H and O–H groups in total. The predicted molar refractivity (Wildman–Crippen MR) is 59.5 cm³/mol. The van der Waals surface area contributed by atoms with Gasteiger partial charge in [0.15, 0.2) is 0 Å². The largest absolute Gasteiger partial charge is 0.380 e. The smallest absolute Gasteiger partial charge is 0.227 e. The van der Waals surface area contributed by atoms with Crippen LogP contribution in [-0.2, 0) is 9.53 Å². The van der Waals surface area contributed by atoms with Crippen LogP contribution in [0.3, 0.4) is 0 Å². The average Bonchev–Trinajstić information content (AvgIpc) is 2.29. The first-order valence-electron chi connectivity index (χ1n) is 4.94. The van der Waals surface area contributed by atoms with E-state index in [0.717, 1.165) is 0 Å². The minimum Gasteiger partial charge on any atom is -0.380 e. The van der Waals surface area contributed by atoms with Crippen LogP contribution in [-0.4, -0.2) is 25.7 Å². The summed E-state index contributed by atoms with van der Waals surface area (Å²) in [6, 6.07) is 5.56. The van der Waals surface area contributed by atoms with Crippen LogP contribution in [0, 0.1) is 5.82 Å². The van der Waals surface area contributed by atoms with Crippen molar-refractivity contribution in [2.24, 2.45) is 5.73 Å². The van der Waals surface area contributed by atoms with Crippen LogP contribution in [0.5, 0.6) is 0 Å². The standard InChI is InChI=1S/C11H15FN2O2/c1-16-10(7-13)6-11(15)14-9-4-2-8(12)3-5-9/h2-5,10H,6-7,13H2,1H3,(H,14,15). The lowest BCUT2D eigenvalue weighted by molar-refractivity contribution is -0.118. The van der Waals surface area contributed by atoms with Gasteiger partial charge < -0.3 is 15.8 Å². The second kappa shape index (κ2) is 6.19. The summed E-state index contributed by atoms with van der Waals surface area (Å²) in [7, 11) is 1.50. The molecule has 1 atom stereocenters. The van der Waals surface area contributed by atoms with E-state index in [4.69, 9.17) is 10.5 Å². The number of hydrogen-bond donors (Lipinski definition) is 2. The van der Waals surface area contributed by atoms with Gasteiger partial charge in [0.1, 0.15) is 5.82 Å². The van der Waals surface area contributed by atoms with E-state index in [2.05, 4.69) is 5.32 Å². The molecule has 0 spiro atoms. The predicted octanol–water partition coefficient (Wildman–Crippen LogP) is 1.13. The van der Waals surface area contributed by atoms with Gasteiger partial charge in [0.25, 0.3) is 0 Å². The van der Waals surface area contributed by atoms with E-state index in [1.54, 1.807) is 0 Å². The zero-order valence-electron chi connectivity index (χ0n) is 9.07. The second-order valence-corrected chi connectivity index (χ2v) is 3.35. The van der Waals surface area contributed by atoms with Gasteiger partial charge in [-0.1, -0.05) is 0 Å². The van der Waals surface area contributed by atoms with Gasteiger partial charge in [-0.2, -0.15) is 0 Å². The number of methoxy groups -OCH3 is 1. The molecule has 0 aliphatic carbocycles. The van der Waals surface area contributed by atoms with Crippen molar-refractivity contribution in [2.75, 3.05) is 19.0 Å². The van der Waals surface area contributed by atoms with Crippen molar-refractivity contribution < 1.29 is 13.9 Å². The maximum Gasteiger partial charge on any atom is 0.227 e. The molecule has 0 fully saturated rings. The van der Waals surface area contributed by atoms with Crippen molar-refractivity contribution in [2.45, 2.75) is 12.5 Å². The fourth-order valence-electron chi connectivity index (χ4n) is 1.21. The molecule has 0 bridgehead atoms. The summed E-state index contributed by atoms with van der Waals surface area (Å²) < 4.78 is 17.6. The first-order valence-corrected chi connectivity index (χ1v) is 4.94. The lowest BCUT2D eigenvalue weighted by atomic mass is 10.2. The summed E-state index contributed by atoms with van der Waals surface area (Å²) in [5, 5.41) is 2.63. The number of carbonyl (C=O) groups excluding carboxylic acids is 1. The topological polar surface area (TPSA) is 64.3 Å². The number of anilines is 1. The van der Waals surface area contributed by atoms with Crippen molar-refractivity contribution in [1.29, 1.82) is 0 Å². The first-order chi connectivity index (χ1) is 7.65. The van der Waals surface area contributed by atoms with Crippen molar-refractivity contribution in [3.63, 3.8) is 0 Å². The van der Waals surface area contributed by atoms with Crippen molar-refractivity contribution in [1.82, 2.24) is 0 Å². The number of nitrogens with one attached hydrogen (secondary N) is 1. The second-order valence-electron chi connectivity index (χ2n) is 3.35. The fraction of sp³-hybridized carbons (Fsp3) is 0.364. The lowest BCUT2D eigenvalue weighted by Crippen LogP contribution is -2.28. The first kappa shape index (κ1) is 12.6. The molecule has 1 aromatic carbocycles. The quantitative estimate of drug-likeness (QED) is 0.791. The minimum atomic E-state index is -0.338. The molecule has 0 saturated heterocycles. The van der Waals surface area contributed by atoms with Crippen LogP contribution in [0.1, 0.15) is 6.42 Å². The van der Waals surface area contributed by atoms with Gasteiger partial charge in [0.05, 0.1) is 12.5 Å². The van der Waals surface area contributed by atoms with Crippen LogP contribution >= 0.6 is 0 Å². The van der Waals surface area contributed by atoms with Crippen molar-refractivity contribution in [3.05, 3.63) is 30.1 Å². The molecule has 0 saturated carbocycles. The van der Waals surface area contributed by atoms with Gasteiger partial charge in [-0.3, -0.25) is 4.79 Å². The summed E-state index contributed by atoms with van der Waals surface area (Å²) in [5.74, 6) is -0.543. The Hall–Kier alpha value is -1.46. The molecule has 4 nitrogen and oxygen atoms in total. The summed E-state index contributed by atoms with van der Waals surface area (Å²) in [6.07, 6.45) is -0.106. The van der Waals surface area contributed by atoms with Crippen LogP contribution in [0.15, 0.2) is 24.3 Å². The highest BCUT2D eigenvalue weighted by Crippen LogP contribution is 2.09. The zero-order chi connectivity index (χ0) is 12.0.